The Hall–Kier alpha value is -0.960. The first kappa shape index (κ1) is 15.1. The highest BCUT2D eigenvalue weighted by Crippen LogP contribution is 2.13. The van der Waals surface area contributed by atoms with E-state index in [9.17, 15) is 4.79 Å². The Kier molecular flexibility index (Phi) is 6.88. The lowest BCUT2D eigenvalue weighted by Crippen LogP contribution is -2.23. The Morgan fingerprint density at radius 1 is 1.28 bits per heavy atom. The number of hydrogen-bond acceptors (Lipinski definition) is 2. The maximum absolute atomic E-state index is 11.6. The minimum atomic E-state index is -0.191. The number of unbranched alkanes of at least 4 members (excludes halogenated alkanes) is 3. The van der Waals surface area contributed by atoms with Gasteiger partial charge in [0, 0.05) is 6.54 Å². The van der Waals surface area contributed by atoms with Gasteiger partial charge >= 0.3 is 0 Å². The Labute approximate surface area is 114 Å². The summed E-state index contributed by atoms with van der Waals surface area (Å²) in [7, 11) is 0. The van der Waals surface area contributed by atoms with Crippen LogP contribution in [0.3, 0.4) is 0 Å². The second kappa shape index (κ2) is 8.20. The van der Waals surface area contributed by atoms with E-state index < -0.39 is 0 Å². The molecule has 4 heteroatoms. The molecule has 0 bridgehead atoms. The van der Waals surface area contributed by atoms with Crippen LogP contribution in [-0.4, -0.2) is 12.5 Å². The summed E-state index contributed by atoms with van der Waals surface area (Å²) in [6.07, 6.45) is 5.97. The zero-order valence-electron chi connectivity index (χ0n) is 11.2. The molecular weight excluding hydrogens is 250 g/mol. The zero-order valence-corrected chi connectivity index (χ0v) is 11.9. The van der Waals surface area contributed by atoms with Gasteiger partial charge < -0.3 is 9.73 Å². The quantitative estimate of drug-likeness (QED) is 0.718. The van der Waals surface area contributed by atoms with Gasteiger partial charge in [0.05, 0.1) is 0 Å². The number of furan rings is 1. The first-order chi connectivity index (χ1) is 8.59. The third kappa shape index (κ3) is 6.10. The van der Waals surface area contributed by atoms with Gasteiger partial charge in [0.1, 0.15) is 0 Å². The molecular formula is C14H22ClNO2. The number of amides is 1. The third-order valence-corrected chi connectivity index (χ3v) is 2.99. The molecule has 0 atom stereocenters. The molecule has 0 fully saturated rings. The fourth-order valence-corrected chi connectivity index (χ4v) is 1.90. The molecule has 0 spiro atoms. The molecule has 0 aliphatic heterocycles. The maximum Gasteiger partial charge on any atom is 0.287 e. The van der Waals surface area contributed by atoms with Crippen molar-refractivity contribution < 1.29 is 9.21 Å². The van der Waals surface area contributed by atoms with E-state index in [1.165, 1.54) is 19.3 Å². The number of carbonyl (C=O) groups excluding carboxylic acids is 1. The van der Waals surface area contributed by atoms with Crippen LogP contribution in [0, 0.1) is 5.92 Å². The third-order valence-electron chi connectivity index (χ3n) is 2.79. The van der Waals surface area contributed by atoms with Crippen LogP contribution in [0.2, 0.25) is 5.22 Å². The van der Waals surface area contributed by atoms with E-state index in [2.05, 4.69) is 19.2 Å². The van der Waals surface area contributed by atoms with Gasteiger partial charge in [0.15, 0.2) is 11.0 Å². The topological polar surface area (TPSA) is 42.2 Å². The van der Waals surface area contributed by atoms with Crippen molar-refractivity contribution in [1.82, 2.24) is 5.32 Å². The van der Waals surface area contributed by atoms with Crippen molar-refractivity contribution >= 4 is 17.5 Å². The van der Waals surface area contributed by atoms with Crippen LogP contribution < -0.4 is 5.32 Å². The smallest absolute Gasteiger partial charge is 0.287 e. The molecule has 0 saturated carbocycles. The molecule has 1 aromatic heterocycles. The molecule has 18 heavy (non-hydrogen) atoms. The molecule has 1 heterocycles. The Balaban J connectivity index is 2.03. The van der Waals surface area contributed by atoms with Gasteiger partial charge in [0.25, 0.3) is 5.91 Å². The van der Waals surface area contributed by atoms with Crippen molar-refractivity contribution in [2.24, 2.45) is 5.92 Å². The molecule has 0 aromatic carbocycles. The number of rotatable bonds is 8. The van der Waals surface area contributed by atoms with Crippen LogP contribution >= 0.6 is 11.6 Å². The van der Waals surface area contributed by atoms with Gasteiger partial charge in [-0.15, -0.1) is 0 Å². The van der Waals surface area contributed by atoms with E-state index >= 15 is 0 Å². The van der Waals surface area contributed by atoms with Gasteiger partial charge in [-0.2, -0.15) is 0 Å². The Bertz CT molecular complexity index is 360. The molecule has 0 saturated heterocycles. The van der Waals surface area contributed by atoms with Crippen molar-refractivity contribution in [2.45, 2.75) is 46.0 Å². The lowest BCUT2D eigenvalue weighted by atomic mass is 10.0. The molecule has 0 unspecified atom stereocenters. The second-order valence-corrected chi connectivity index (χ2v) is 5.33. The average Bonchev–Trinajstić information content (AvgIpc) is 2.74. The number of hydrogen-bond donors (Lipinski definition) is 1. The van der Waals surface area contributed by atoms with Gasteiger partial charge in [-0.1, -0.05) is 39.5 Å². The highest BCUT2D eigenvalue weighted by atomic mass is 35.5. The van der Waals surface area contributed by atoms with Gasteiger partial charge in [-0.25, -0.2) is 0 Å². The predicted molar refractivity (Wildman–Crippen MR) is 74.0 cm³/mol. The van der Waals surface area contributed by atoms with E-state index in [0.29, 0.717) is 6.54 Å². The summed E-state index contributed by atoms with van der Waals surface area (Å²) < 4.78 is 5.02. The number of nitrogens with one attached hydrogen (secondary N) is 1. The van der Waals surface area contributed by atoms with E-state index in [1.807, 2.05) is 0 Å². The Morgan fingerprint density at radius 3 is 2.61 bits per heavy atom. The van der Waals surface area contributed by atoms with E-state index in [4.69, 9.17) is 16.0 Å². The summed E-state index contributed by atoms with van der Waals surface area (Å²) in [4.78, 5) is 11.6. The van der Waals surface area contributed by atoms with Crippen LogP contribution in [-0.2, 0) is 0 Å². The summed E-state index contributed by atoms with van der Waals surface area (Å²) in [6, 6.07) is 3.16. The largest absolute Gasteiger partial charge is 0.440 e. The average molecular weight is 272 g/mol. The molecule has 0 aliphatic carbocycles. The fraction of sp³-hybridized carbons (Fsp3) is 0.643. The van der Waals surface area contributed by atoms with E-state index in [0.717, 1.165) is 18.8 Å². The van der Waals surface area contributed by atoms with Crippen LogP contribution in [0.1, 0.15) is 56.5 Å². The molecule has 3 nitrogen and oxygen atoms in total. The first-order valence-corrected chi connectivity index (χ1v) is 7.01. The van der Waals surface area contributed by atoms with E-state index in [-0.39, 0.29) is 16.9 Å². The molecule has 0 aliphatic rings. The van der Waals surface area contributed by atoms with Crippen molar-refractivity contribution in [2.75, 3.05) is 6.54 Å². The lowest BCUT2D eigenvalue weighted by Gasteiger charge is -2.05. The highest BCUT2D eigenvalue weighted by molar-refractivity contribution is 6.29. The fourth-order valence-electron chi connectivity index (χ4n) is 1.76. The van der Waals surface area contributed by atoms with Crippen LogP contribution in [0.4, 0.5) is 0 Å². The molecule has 1 rings (SSSR count). The van der Waals surface area contributed by atoms with Crippen molar-refractivity contribution in [3.63, 3.8) is 0 Å². The minimum Gasteiger partial charge on any atom is -0.440 e. The summed E-state index contributed by atoms with van der Waals surface area (Å²) in [6.45, 7) is 5.18. The van der Waals surface area contributed by atoms with E-state index in [1.54, 1.807) is 12.1 Å². The summed E-state index contributed by atoms with van der Waals surface area (Å²) in [5.74, 6) is 0.872. The molecule has 0 radical (unpaired) electrons. The van der Waals surface area contributed by atoms with Crippen molar-refractivity contribution in [3.8, 4) is 0 Å². The van der Waals surface area contributed by atoms with Crippen molar-refractivity contribution in [1.29, 1.82) is 0 Å². The lowest BCUT2D eigenvalue weighted by molar-refractivity contribution is 0.0925. The molecule has 1 aromatic rings. The molecule has 102 valence electrons. The van der Waals surface area contributed by atoms with Crippen LogP contribution in [0.15, 0.2) is 16.5 Å². The molecule has 1 N–H and O–H groups in total. The number of halogens is 1. The standard InChI is InChI=1S/C14H22ClNO2/c1-11(2)7-5-3-4-6-10-16-14(17)12-8-9-13(15)18-12/h8-9,11H,3-7,10H2,1-2H3,(H,16,17). The highest BCUT2D eigenvalue weighted by Gasteiger charge is 2.08. The van der Waals surface area contributed by atoms with Gasteiger partial charge in [-0.3, -0.25) is 4.79 Å². The second-order valence-electron chi connectivity index (χ2n) is 4.96. The minimum absolute atomic E-state index is 0.191. The first-order valence-electron chi connectivity index (χ1n) is 6.63. The Morgan fingerprint density at radius 2 is 2.00 bits per heavy atom. The van der Waals surface area contributed by atoms with Gasteiger partial charge in [-0.05, 0) is 36.1 Å². The van der Waals surface area contributed by atoms with Crippen molar-refractivity contribution in [3.05, 3.63) is 23.1 Å². The summed E-state index contributed by atoms with van der Waals surface area (Å²) in [5, 5.41) is 3.06. The maximum atomic E-state index is 11.6. The van der Waals surface area contributed by atoms with Crippen LogP contribution in [0.25, 0.3) is 0 Å². The predicted octanol–water partition coefficient (Wildman–Crippen LogP) is 4.27. The number of carbonyl (C=O) groups is 1. The zero-order chi connectivity index (χ0) is 13.4. The normalized spacial score (nSPS) is 10.9. The monoisotopic (exact) mass is 271 g/mol. The van der Waals surface area contributed by atoms with Gasteiger partial charge in [0.2, 0.25) is 0 Å². The SMILES string of the molecule is CC(C)CCCCCCNC(=O)c1ccc(Cl)o1. The summed E-state index contributed by atoms with van der Waals surface area (Å²) >= 11 is 5.60. The molecule has 1 amide bonds. The van der Waals surface area contributed by atoms with Crippen LogP contribution in [0.5, 0.6) is 0 Å². The summed E-state index contributed by atoms with van der Waals surface area (Å²) in [5.41, 5.74) is 0.